The zero-order valence-electron chi connectivity index (χ0n) is 8.52. The van der Waals surface area contributed by atoms with Gasteiger partial charge >= 0.3 is 0 Å². The van der Waals surface area contributed by atoms with Crippen LogP contribution in [-0.2, 0) is 4.74 Å². The van der Waals surface area contributed by atoms with E-state index < -0.39 is 0 Å². The summed E-state index contributed by atoms with van der Waals surface area (Å²) in [6.45, 7) is 6.95. The second-order valence-electron chi connectivity index (χ2n) is 5.35. The van der Waals surface area contributed by atoms with Gasteiger partial charge in [-0.15, -0.1) is 0 Å². The Morgan fingerprint density at radius 2 is 1.92 bits per heavy atom. The minimum absolute atomic E-state index is 0.267. The van der Waals surface area contributed by atoms with Crippen molar-refractivity contribution in [3.8, 4) is 0 Å². The number of fused-ring (bicyclic) bond motifs is 1. The molecule has 1 saturated heterocycles. The summed E-state index contributed by atoms with van der Waals surface area (Å²) in [5.41, 5.74) is 0.617. The standard InChI is InChI=1S/C11H20O/c1-10(2,3)11-8-6-4-5-7-9(11)12-11/h9H,4-8H2,1-3H3/t9-,11+/m1/s1. The summed E-state index contributed by atoms with van der Waals surface area (Å²) in [7, 11) is 0. The van der Waals surface area contributed by atoms with Crippen LogP contribution in [0.1, 0.15) is 52.9 Å². The van der Waals surface area contributed by atoms with Gasteiger partial charge in [0.25, 0.3) is 0 Å². The molecule has 1 heteroatoms. The number of rotatable bonds is 0. The fraction of sp³-hybridized carbons (Fsp3) is 1.00. The van der Waals surface area contributed by atoms with Gasteiger partial charge < -0.3 is 4.74 Å². The molecular weight excluding hydrogens is 148 g/mol. The Labute approximate surface area is 75.5 Å². The molecule has 1 aliphatic carbocycles. The fourth-order valence-electron chi connectivity index (χ4n) is 2.66. The van der Waals surface area contributed by atoms with Crippen LogP contribution in [0.25, 0.3) is 0 Å². The summed E-state index contributed by atoms with van der Waals surface area (Å²) in [6, 6.07) is 0. The van der Waals surface area contributed by atoms with Gasteiger partial charge in [0.15, 0.2) is 0 Å². The molecule has 2 fully saturated rings. The van der Waals surface area contributed by atoms with Gasteiger partial charge in [-0.05, 0) is 18.3 Å². The number of hydrogen-bond donors (Lipinski definition) is 0. The van der Waals surface area contributed by atoms with Gasteiger partial charge in [0.1, 0.15) is 0 Å². The van der Waals surface area contributed by atoms with Crippen molar-refractivity contribution in [1.29, 1.82) is 0 Å². The molecular formula is C11H20O. The number of epoxide rings is 1. The fourth-order valence-corrected chi connectivity index (χ4v) is 2.66. The Kier molecular flexibility index (Phi) is 1.76. The second kappa shape index (κ2) is 2.47. The summed E-state index contributed by atoms with van der Waals surface area (Å²) >= 11 is 0. The van der Waals surface area contributed by atoms with Crippen molar-refractivity contribution >= 4 is 0 Å². The number of hydrogen-bond acceptors (Lipinski definition) is 1. The Bertz CT molecular complexity index is 180. The largest absolute Gasteiger partial charge is 0.365 e. The first-order valence-corrected chi connectivity index (χ1v) is 5.24. The Balaban J connectivity index is 2.12. The molecule has 12 heavy (non-hydrogen) atoms. The molecule has 1 aliphatic heterocycles. The van der Waals surface area contributed by atoms with Gasteiger partial charge in [-0.3, -0.25) is 0 Å². The van der Waals surface area contributed by atoms with Crippen LogP contribution in [-0.4, -0.2) is 11.7 Å². The van der Waals surface area contributed by atoms with E-state index in [4.69, 9.17) is 4.74 Å². The van der Waals surface area contributed by atoms with Crippen LogP contribution in [0.4, 0.5) is 0 Å². The molecule has 2 rings (SSSR count). The lowest BCUT2D eigenvalue weighted by Gasteiger charge is -2.27. The third kappa shape index (κ3) is 1.10. The lowest BCUT2D eigenvalue weighted by atomic mass is 9.76. The van der Waals surface area contributed by atoms with E-state index in [-0.39, 0.29) is 5.60 Å². The molecule has 1 heterocycles. The van der Waals surface area contributed by atoms with Crippen molar-refractivity contribution < 1.29 is 4.74 Å². The Hall–Kier alpha value is -0.0400. The van der Waals surface area contributed by atoms with E-state index in [0.29, 0.717) is 11.5 Å². The highest BCUT2D eigenvalue weighted by molar-refractivity contribution is 5.10. The summed E-state index contributed by atoms with van der Waals surface area (Å²) in [6.07, 6.45) is 7.35. The quantitative estimate of drug-likeness (QED) is 0.506. The van der Waals surface area contributed by atoms with Crippen LogP contribution in [0.15, 0.2) is 0 Å². The minimum atomic E-state index is 0.267. The van der Waals surface area contributed by atoms with E-state index in [1.807, 2.05) is 0 Å². The molecule has 2 aliphatic rings. The van der Waals surface area contributed by atoms with Crippen LogP contribution in [0.2, 0.25) is 0 Å². The van der Waals surface area contributed by atoms with Crippen LogP contribution < -0.4 is 0 Å². The van der Waals surface area contributed by atoms with Crippen LogP contribution >= 0.6 is 0 Å². The molecule has 0 spiro atoms. The topological polar surface area (TPSA) is 12.5 Å². The highest BCUT2D eigenvalue weighted by Gasteiger charge is 2.62. The van der Waals surface area contributed by atoms with E-state index in [1.54, 1.807) is 0 Å². The van der Waals surface area contributed by atoms with E-state index in [0.717, 1.165) is 0 Å². The molecule has 1 nitrogen and oxygen atoms in total. The van der Waals surface area contributed by atoms with Gasteiger partial charge in [-0.25, -0.2) is 0 Å². The monoisotopic (exact) mass is 168 g/mol. The van der Waals surface area contributed by atoms with Gasteiger partial charge in [0.2, 0.25) is 0 Å². The van der Waals surface area contributed by atoms with E-state index in [1.165, 1.54) is 32.1 Å². The molecule has 2 atom stereocenters. The first kappa shape index (κ1) is 8.55. The van der Waals surface area contributed by atoms with E-state index >= 15 is 0 Å². The minimum Gasteiger partial charge on any atom is -0.365 e. The Morgan fingerprint density at radius 3 is 2.58 bits per heavy atom. The lowest BCUT2D eigenvalue weighted by molar-refractivity contribution is 0.140. The normalized spacial score (nSPS) is 41.8. The molecule has 0 unspecified atom stereocenters. The average molecular weight is 168 g/mol. The van der Waals surface area contributed by atoms with Crippen molar-refractivity contribution in [2.24, 2.45) is 5.41 Å². The van der Waals surface area contributed by atoms with Gasteiger partial charge in [-0.2, -0.15) is 0 Å². The molecule has 0 radical (unpaired) electrons. The molecule has 0 aromatic rings. The third-order valence-electron chi connectivity index (χ3n) is 3.60. The maximum atomic E-state index is 5.91. The summed E-state index contributed by atoms with van der Waals surface area (Å²) in [5.74, 6) is 0. The summed E-state index contributed by atoms with van der Waals surface area (Å²) < 4.78 is 5.91. The lowest BCUT2D eigenvalue weighted by Crippen LogP contribution is -2.32. The second-order valence-corrected chi connectivity index (χ2v) is 5.35. The van der Waals surface area contributed by atoms with Crippen LogP contribution in [0.5, 0.6) is 0 Å². The zero-order valence-corrected chi connectivity index (χ0v) is 8.52. The van der Waals surface area contributed by atoms with Crippen molar-refractivity contribution in [2.45, 2.75) is 64.6 Å². The first-order valence-electron chi connectivity index (χ1n) is 5.24. The van der Waals surface area contributed by atoms with E-state index in [9.17, 15) is 0 Å². The van der Waals surface area contributed by atoms with Crippen molar-refractivity contribution in [3.63, 3.8) is 0 Å². The van der Waals surface area contributed by atoms with Gasteiger partial charge in [0.05, 0.1) is 11.7 Å². The maximum Gasteiger partial charge on any atom is 0.0996 e. The third-order valence-corrected chi connectivity index (χ3v) is 3.60. The number of ether oxygens (including phenoxy) is 1. The first-order chi connectivity index (χ1) is 5.56. The maximum absolute atomic E-state index is 5.91. The Morgan fingerprint density at radius 1 is 1.17 bits per heavy atom. The SMILES string of the molecule is CC(C)(C)[C@]12CCCCC[C@H]1O2. The van der Waals surface area contributed by atoms with Gasteiger partial charge in [0, 0.05) is 0 Å². The van der Waals surface area contributed by atoms with Crippen LogP contribution in [0, 0.1) is 5.41 Å². The molecule has 0 aromatic carbocycles. The van der Waals surface area contributed by atoms with E-state index in [2.05, 4.69) is 20.8 Å². The van der Waals surface area contributed by atoms with Crippen molar-refractivity contribution in [1.82, 2.24) is 0 Å². The molecule has 1 saturated carbocycles. The van der Waals surface area contributed by atoms with Crippen LogP contribution in [0.3, 0.4) is 0 Å². The highest BCUT2D eigenvalue weighted by Crippen LogP contribution is 2.56. The van der Waals surface area contributed by atoms with Crippen molar-refractivity contribution in [2.75, 3.05) is 0 Å². The predicted octanol–water partition coefficient (Wildman–Crippen LogP) is 3.13. The highest BCUT2D eigenvalue weighted by atomic mass is 16.6. The molecule has 0 aromatic heterocycles. The molecule has 0 amide bonds. The molecule has 0 N–H and O–H groups in total. The smallest absolute Gasteiger partial charge is 0.0996 e. The zero-order chi connectivity index (χ0) is 8.82. The molecule has 0 bridgehead atoms. The van der Waals surface area contributed by atoms with Crippen molar-refractivity contribution in [3.05, 3.63) is 0 Å². The van der Waals surface area contributed by atoms with Gasteiger partial charge in [-0.1, -0.05) is 40.0 Å². The molecule has 70 valence electrons. The average Bonchev–Trinajstić information content (AvgIpc) is 2.55. The predicted molar refractivity (Wildman–Crippen MR) is 50.1 cm³/mol. The summed E-state index contributed by atoms with van der Waals surface area (Å²) in [5, 5.41) is 0. The summed E-state index contributed by atoms with van der Waals surface area (Å²) in [4.78, 5) is 0.